The van der Waals surface area contributed by atoms with Crippen molar-refractivity contribution in [3.8, 4) is 17.2 Å². The molecule has 0 spiro atoms. The summed E-state index contributed by atoms with van der Waals surface area (Å²) in [5.41, 5.74) is 0.560. The normalized spacial score (nSPS) is 12.0. The zero-order valence-electron chi connectivity index (χ0n) is 17.8. The zero-order chi connectivity index (χ0) is 22.9. The van der Waals surface area contributed by atoms with E-state index in [0.29, 0.717) is 29.4 Å². The lowest BCUT2D eigenvalue weighted by atomic mass is 10.2. The number of para-hydroxylation sites is 1. The van der Waals surface area contributed by atoms with Crippen LogP contribution < -0.4 is 24.2 Å². The molecule has 0 aliphatic rings. The van der Waals surface area contributed by atoms with Crippen LogP contribution in [0.1, 0.15) is 23.7 Å². The summed E-state index contributed by atoms with van der Waals surface area (Å²) < 4.78 is 42.3. The van der Waals surface area contributed by atoms with Crippen molar-refractivity contribution in [1.29, 1.82) is 0 Å². The Kier molecular flexibility index (Phi) is 8.95. The summed E-state index contributed by atoms with van der Waals surface area (Å²) >= 11 is 0. The quantitative estimate of drug-likeness (QED) is 0.450. The van der Waals surface area contributed by atoms with Crippen LogP contribution in [0.5, 0.6) is 17.2 Å². The van der Waals surface area contributed by atoms with Crippen molar-refractivity contribution in [2.45, 2.75) is 19.4 Å². The molecule has 2 aromatic rings. The van der Waals surface area contributed by atoms with Gasteiger partial charge in [-0.15, -0.1) is 0 Å². The highest BCUT2D eigenvalue weighted by Gasteiger charge is 2.15. The van der Waals surface area contributed by atoms with E-state index in [4.69, 9.17) is 14.2 Å². The minimum atomic E-state index is -3.46. The highest BCUT2D eigenvalue weighted by molar-refractivity contribution is 7.92. The summed E-state index contributed by atoms with van der Waals surface area (Å²) in [6.07, 6.45) is -0.513. The van der Waals surface area contributed by atoms with Crippen molar-refractivity contribution in [2.75, 3.05) is 37.8 Å². The number of anilines is 1. The predicted molar refractivity (Wildman–Crippen MR) is 118 cm³/mol. The predicted octanol–water partition coefficient (Wildman–Crippen LogP) is 2.03. The number of carbonyl (C=O) groups is 1. The molecular formula is C21H28N2O7S. The van der Waals surface area contributed by atoms with Crippen LogP contribution in [0.25, 0.3) is 0 Å². The average molecular weight is 453 g/mol. The summed E-state index contributed by atoms with van der Waals surface area (Å²) in [4.78, 5) is 12.4. The molecule has 2 aromatic carbocycles. The first kappa shape index (κ1) is 24.3. The number of aliphatic hydroxyl groups is 1. The molecule has 2 rings (SSSR count). The fraction of sp³-hybridized carbons (Fsp3) is 0.381. The average Bonchev–Trinajstić information content (AvgIpc) is 2.75. The molecule has 1 amide bonds. The highest BCUT2D eigenvalue weighted by atomic mass is 32.2. The van der Waals surface area contributed by atoms with Gasteiger partial charge in [-0.25, -0.2) is 8.42 Å². The fourth-order valence-electron chi connectivity index (χ4n) is 2.73. The lowest BCUT2D eigenvalue weighted by molar-refractivity contribution is 0.0833. The Labute approximate surface area is 182 Å². The molecule has 0 heterocycles. The molecule has 9 nitrogen and oxygen atoms in total. The van der Waals surface area contributed by atoms with E-state index < -0.39 is 22.0 Å². The molecule has 0 bridgehead atoms. The number of nitrogens with one attached hydrogen (secondary N) is 2. The number of methoxy groups -OCH3 is 2. The monoisotopic (exact) mass is 452 g/mol. The summed E-state index contributed by atoms with van der Waals surface area (Å²) in [6, 6.07) is 11.3. The third kappa shape index (κ3) is 7.34. The Morgan fingerprint density at radius 2 is 1.74 bits per heavy atom. The van der Waals surface area contributed by atoms with Crippen LogP contribution in [0.2, 0.25) is 0 Å². The summed E-state index contributed by atoms with van der Waals surface area (Å²) in [5, 5.41) is 12.8. The summed E-state index contributed by atoms with van der Waals surface area (Å²) in [6.45, 7) is 1.60. The van der Waals surface area contributed by atoms with Gasteiger partial charge in [-0.3, -0.25) is 9.52 Å². The molecule has 0 aromatic heterocycles. The number of hydrogen-bond donors (Lipinski definition) is 3. The molecule has 0 saturated carbocycles. The maximum absolute atomic E-state index is 12.4. The molecule has 0 aliphatic heterocycles. The Bertz CT molecular complexity index is 957. The number of benzene rings is 2. The van der Waals surface area contributed by atoms with Gasteiger partial charge in [0.2, 0.25) is 15.8 Å². The molecule has 0 aliphatic carbocycles. The van der Waals surface area contributed by atoms with E-state index in [9.17, 15) is 18.3 Å². The van der Waals surface area contributed by atoms with Gasteiger partial charge in [0, 0.05) is 17.8 Å². The third-order valence-corrected chi connectivity index (χ3v) is 5.66. The maximum atomic E-state index is 12.4. The number of aliphatic hydroxyl groups excluding tert-OH is 1. The van der Waals surface area contributed by atoms with E-state index >= 15 is 0 Å². The second kappa shape index (κ2) is 11.4. The molecule has 0 radical (unpaired) electrons. The number of ether oxygens (including phenoxy) is 3. The fourth-order valence-corrected chi connectivity index (χ4v) is 3.86. The number of hydrogen-bond acceptors (Lipinski definition) is 7. The molecule has 0 fully saturated rings. The Hall–Kier alpha value is -2.98. The van der Waals surface area contributed by atoms with E-state index in [1.165, 1.54) is 20.3 Å². The van der Waals surface area contributed by atoms with Gasteiger partial charge >= 0.3 is 0 Å². The minimum Gasteiger partial charge on any atom is -0.493 e. The first-order chi connectivity index (χ1) is 14.8. The van der Waals surface area contributed by atoms with Crippen molar-refractivity contribution < 1.29 is 32.5 Å². The first-order valence-corrected chi connectivity index (χ1v) is 11.4. The van der Waals surface area contributed by atoms with E-state index in [0.717, 1.165) is 0 Å². The SMILES string of the molecule is CCCS(=O)(=O)Nc1cccc(C(=O)NCC(O)COc2c(OC)cccc2OC)c1. The second-order valence-electron chi connectivity index (χ2n) is 6.67. The minimum absolute atomic E-state index is 0.00734. The van der Waals surface area contributed by atoms with Crippen LogP contribution in [-0.2, 0) is 10.0 Å². The zero-order valence-corrected chi connectivity index (χ0v) is 18.6. The van der Waals surface area contributed by atoms with Crippen molar-refractivity contribution in [3.05, 3.63) is 48.0 Å². The van der Waals surface area contributed by atoms with Gasteiger partial charge in [0.25, 0.3) is 5.91 Å². The van der Waals surface area contributed by atoms with Gasteiger partial charge in [-0.05, 0) is 36.8 Å². The molecule has 31 heavy (non-hydrogen) atoms. The van der Waals surface area contributed by atoms with Crippen LogP contribution >= 0.6 is 0 Å². The molecule has 170 valence electrons. The van der Waals surface area contributed by atoms with Crippen molar-refractivity contribution in [3.63, 3.8) is 0 Å². The topological polar surface area (TPSA) is 123 Å². The van der Waals surface area contributed by atoms with Gasteiger partial charge in [-0.1, -0.05) is 19.1 Å². The van der Waals surface area contributed by atoms with Crippen LogP contribution in [0.4, 0.5) is 5.69 Å². The largest absolute Gasteiger partial charge is 0.493 e. The van der Waals surface area contributed by atoms with Gasteiger partial charge in [0.1, 0.15) is 12.7 Å². The Morgan fingerprint density at radius 1 is 1.10 bits per heavy atom. The van der Waals surface area contributed by atoms with Gasteiger partial charge in [0.15, 0.2) is 11.5 Å². The Balaban J connectivity index is 1.92. The standard InChI is InChI=1S/C21H28N2O7S/c1-4-11-31(26,27)23-16-8-5-7-15(12-16)21(25)22-13-17(24)14-30-20-18(28-2)9-6-10-19(20)29-3/h5-10,12,17,23-24H,4,11,13-14H2,1-3H3,(H,22,25). The van der Waals surface area contributed by atoms with E-state index in [-0.39, 0.29) is 24.5 Å². The van der Waals surface area contributed by atoms with Gasteiger partial charge in [0.05, 0.1) is 20.0 Å². The highest BCUT2D eigenvalue weighted by Crippen LogP contribution is 2.36. The molecule has 3 N–H and O–H groups in total. The molecular weight excluding hydrogens is 424 g/mol. The third-order valence-electron chi connectivity index (χ3n) is 4.17. The van der Waals surface area contributed by atoms with Crippen molar-refractivity contribution >= 4 is 21.6 Å². The van der Waals surface area contributed by atoms with Crippen LogP contribution in [0.3, 0.4) is 0 Å². The lowest BCUT2D eigenvalue weighted by Crippen LogP contribution is -2.35. The maximum Gasteiger partial charge on any atom is 0.251 e. The molecule has 1 atom stereocenters. The number of amides is 1. The van der Waals surface area contributed by atoms with E-state index in [2.05, 4.69) is 10.0 Å². The number of carbonyl (C=O) groups excluding carboxylic acids is 1. The van der Waals surface area contributed by atoms with Crippen molar-refractivity contribution in [1.82, 2.24) is 5.32 Å². The van der Waals surface area contributed by atoms with E-state index in [1.807, 2.05) is 0 Å². The van der Waals surface area contributed by atoms with Crippen LogP contribution in [0.15, 0.2) is 42.5 Å². The van der Waals surface area contributed by atoms with E-state index in [1.54, 1.807) is 43.3 Å². The number of rotatable bonds is 12. The second-order valence-corrected chi connectivity index (χ2v) is 8.51. The van der Waals surface area contributed by atoms with Gasteiger partial charge < -0.3 is 24.6 Å². The van der Waals surface area contributed by atoms with Crippen LogP contribution in [0, 0.1) is 0 Å². The smallest absolute Gasteiger partial charge is 0.251 e. The summed E-state index contributed by atoms with van der Waals surface area (Å²) in [7, 11) is -0.467. The first-order valence-electron chi connectivity index (χ1n) is 9.70. The van der Waals surface area contributed by atoms with Crippen molar-refractivity contribution in [2.24, 2.45) is 0 Å². The summed E-state index contributed by atoms with van der Waals surface area (Å²) in [5.74, 6) is 0.804. The molecule has 10 heteroatoms. The van der Waals surface area contributed by atoms with Crippen LogP contribution in [-0.4, -0.2) is 58.7 Å². The molecule has 0 saturated heterocycles. The molecule has 1 unspecified atom stereocenters. The Morgan fingerprint density at radius 3 is 2.35 bits per heavy atom. The van der Waals surface area contributed by atoms with Gasteiger partial charge in [-0.2, -0.15) is 0 Å². The lowest BCUT2D eigenvalue weighted by Gasteiger charge is -2.17. The number of sulfonamides is 1.